The van der Waals surface area contributed by atoms with Gasteiger partial charge in [0.2, 0.25) is 0 Å². The molecule has 37 heavy (non-hydrogen) atoms. The van der Waals surface area contributed by atoms with Gasteiger partial charge in [-0.05, 0) is 58.3 Å². The number of thiophene rings is 1. The summed E-state index contributed by atoms with van der Waals surface area (Å²) in [5, 5.41) is 7.82. The second-order valence-electron chi connectivity index (χ2n) is 9.51. The van der Waals surface area contributed by atoms with Crippen molar-refractivity contribution in [2.75, 3.05) is 0 Å². The number of benzene rings is 6. The van der Waals surface area contributed by atoms with Gasteiger partial charge in [-0.2, -0.15) is 0 Å². The van der Waals surface area contributed by atoms with E-state index in [1.165, 1.54) is 69.6 Å². The van der Waals surface area contributed by atoms with Gasteiger partial charge in [-0.15, -0.1) is 11.3 Å². The lowest BCUT2D eigenvalue weighted by Crippen LogP contribution is -1.93. The first-order valence-corrected chi connectivity index (χ1v) is 14.0. The van der Waals surface area contributed by atoms with Crippen LogP contribution < -0.4 is 0 Å². The van der Waals surface area contributed by atoms with Crippen molar-refractivity contribution in [2.45, 2.75) is 0 Å². The average molecular weight is 555 g/mol. The Balaban J connectivity index is 1.43. The minimum Gasteiger partial charge on any atom is -0.309 e. The summed E-state index contributed by atoms with van der Waals surface area (Å²) in [6.07, 6.45) is 0. The fourth-order valence-electron chi connectivity index (χ4n) is 5.77. The highest BCUT2D eigenvalue weighted by Crippen LogP contribution is 2.44. The molecule has 1 nitrogen and oxygen atoms in total. The summed E-state index contributed by atoms with van der Waals surface area (Å²) >= 11 is 5.69. The van der Waals surface area contributed by atoms with Crippen molar-refractivity contribution >= 4 is 80.0 Å². The predicted molar refractivity (Wildman–Crippen MR) is 164 cm³/mol. The molecule has 0 aliphatic carbocycles. The lowest BCUT2D eigenvalue weighted by molar-refractivity contribution is 1.18. The molecule has 0 N–H and O–H groups in total. The van der Waals surface area contributed by atoms with Crippen molar-refractivity contribution < 1.29 is 0 Å². The fourth-order valence-corrected chi connectivity index (χ4v) is 7.67. The number of rotatable bonds is 2. The van der Waals surface area contributed by atoms with E-state index in [1.807, 2.05) is 11.3 Å². The van der Waals surface area contributed by atoms with E-state index in [4.69, 9.17) is 0 Å². The van der Waals surface area contributed by atoms with E-state index in [-0.39, 0.29) is 0 Å². The highest BCUT2D eigenvalue weighted by atomic mass is 79.9. The maximum atomic E-state index is 3.81. The maximum Gasteiger partial charge on any atom is 0.0555 e. The minimum absolute atomic E-state index is 1.15. The van der Waals surface area contributed by atoms with Gasteiger partial charge in [-0.3, -0.25) is 0 Å². The minimum atomic E-state index is 1.15. The van der Waals surface area contributed by atoms with Gasteiger partial charge in [0.05, 0.1) is 11.0 Å². The van der Waals surface area contributed by atoms with Gasteiger partial charge >= 0.3 is 0 Å². The molecular weight excluding hydrogens is 534 g/mol. The van der Waals surface area contributed by atoms with Crippen LogP contribution in [0.25, 0.3) is 69.6 Å². The molecule has 174 valence electrons. The van der Waals surface area contributed by atoms with Crippen LogP contribution in [0.5, 0.6) is 0 Å². The molecule has 0 bridgehead atoms. The lowest BCUT2D eigenvalue weighted by Gasteiger charge is -2.09. The quantitative estimate of drug-likeness (QED) is 0.200. The first-order valence-electron chi connectivity index (χ1n) is 12.4. The predicted octanol–water partition coefficient (Wildman–Crippen LogP) is 10.7. The van der Waals surface area contributed by atoms with Crippen LogP contribution in [0.2, 0.25) is 0 Å². The molecule has 3 heteroatoms. The van der Waals surface area contributed by atoms with Crippen LogP contribution in [-0.4, -0.2) is 4.57 Å². The standard InChI is InChI=1S/C34H20BrNS/c35-29-19-33-34(26-12-5-4-10-24(26)29)28-18-27-25-11-6-7-13-30(25)36(31(27)20-32(28)37-33)23-16-14-22(15-17-23)21-8-2-1-3-9-21/h1-20H. The molecule has 0 aliphatic heterocycles. The molecule has 0 spiro atoms. The third-order valence-electron chi connectivity index (χ3n) is 7.45. The van der Waals surface area contributed by atoms with Crippen LogP contribution in [0.3, 0.4) is 0 Å². The molecule has 0 atom stereocenters. The molecule has 2 heterocycles. The summed E-state index contributed by atoms with van der Waals surface area (Å²) in [6, 6.07) is 44.1. The molecule has 0 saturated carbocycles. The van der Waals surface area contributed by atoms with E-state index in [2.05, 4.69) is 142 Å². The second-order valence-corrected chi connectivity index (χ2v) is 11.4. The number of hydrogen-bond donors (Lipinski definition) is 0. The molecule has 8 rings (SSSR count). The summed E-state index contributed by atoms with van der Waals surface area (Å²) in [5.74, 6) is 0. The lowest BCUT2D eigenvalue weighted by atomic mass is 10.0. The van der Waals surface area contributed by atoms with E-state index in [9.17, 15) is 0 Å². The van der Waals surface area contributed by atoms with Crippen LogP contribution in [0, 0.1) is 0 Å². The Morgan fingerprint density at radius 3 is 1.97 bits per heavy atom. The molecule has 0 aliphatic rings. The van der Waals surface area contributed by atoms with Gasteiger partial charge < -0.3 is 4.57 Å². The summed E-state index contributed by atoms with van der Waals surface area (Å²) in [5.41, 5.74) is 6.13. The van der Waals surface area contributed by atoms with E-state index in [0.29, 0.717) is 0 Å². The van der Waals surface area contributed by atoms with Gasteiger partial charge in [-0.25, -0.2) is 0 Å². The zero-order valence-electron chi connectivity index (χ0n) is 19.8. The molecule has 0 amide bonds. The number of fused-ring (bicyclic) bond motifs is 8. The monoisotopic (exact) mass is 553 g/mol. The van der Waals surface area contributed by atoms with Gasteiger partial charge in [0.25, 0.3) is 0 Å². The largest absolute Gasteiger partial charge is 0.309 e. The topological polar surface area (TPSA) is 4.93 Å². The molecule has 0 unspecified atom stereocenters. The van der Waals surface area contributed by atoms with Gasteiger partial charge in [0, 0.05) is 41.1 Å². The molecule has 0 radical (unpaired) electrons. The first-order chi connectivity index (χ1) is 18.3. The van der Waals surface area contributed by atoms with Crippen molar-refractivity contribution in [1.82, 2.24) is 4.57 Å². The summed E-state index contributed by atoms with van der Waals surface area (Å²) < 4.78 is 6.20. The Bertz CT molecular complexity index is 2130. The van der Waals surface area contributed by atoms with E-state index in [1.54, 1.807) is 0 Å². The van der Waals surface area contributed by atoms with E-state index < -0.39 is 0 Å². The number of hydrogen-bond acceptors (Lipinski definition) is 1. The summed E-state index contributed by atoms with van der Waals surface area (Å²) in [4.78, 5) is 0. The smallest absolute Gasteiger partial charge is 0.0555 e. The molecule has 6 aromatic carbocycles. The Kier molecular flexibility index (Phi) is 4.61. The van der Waals surface area contributed by atoms with Crippen LogP contribution >= 0.6 is 27.3 Å². The Hall–Kier alpha value is -3.92. The van der Waals surface area contributed by atoms with Crippen molar-refractivity contribution in [2.24, 2.45) is 0 Å². The maximum absolute atomic E-state index is 3.81. The van der Waals surface area contributed by atoms with Gasteiger partial charge in [0.1, 0.15) is 0 Å². The van der Waals surface area contributed by atoms with Crippen molar-refractivity contribution in [3.63, 3.8) is 0 Å². The average Bonchev–Trinajstić information content (AvgIpc) is 3.47. The van der Waals surface area contributed by atoms with Crippen LogP contribution in [0.4, 0.5) is 0 Å². The van der Waals surface area contributed by atoms with E-state index >= 15 is 0 Å². The highest BCUT2D eigenvalue weighted by molar-refractivity contribution is 9.10. The zero-order chi connectivity index (χ0) is 24.5. The molecule has 2 aromatic heterocycles. The van der Waals surface area contributed by atoms with Gasteiger partial charge in [0.15, 0.2) is 0 Å². The van der Waals surface area contributed by atoms with Crippen molar-refractivity contribution in [3.8, 4) is 16.8 Å². The third-order valence-corrected chi connectivity index (χ3v) is 9.21. The summed E-state index contributed by atoms with van der Waals surface area (Å²) in [7, 11) is 0. The first kappa shape index (κ1) is 21.2. The molecule has 0 saturated heterocycles. The second kappa shape index (κ2) is 8.04. The fraction of sp³-hybridized carbons (Fsp3) is 0. The van der Waals surface area contributed by atoms with E-state index in [0.717, 1.165) is 4.47 Å². The number of nitrogens with zero attached hydrogens (tertiary/aromatic N) is 1. The molecule has 8 aromatic rings. The number of halogens is 1. The normalized spacial score (nSPS) is 11.9. The van der Waals surface area contributed by atoms with Crippen molar-refractivity contribution in [3.05, 3.63) is 126 Å². The van der Waals surface area contributed by atoms with Gasteiger partial charge in [-0.1, -0.05) is 101 Å². The molecular formula is C34H20BrNS. The SMILES string of the molecule is Brc1cc2sc3cc4c(cc3c2c2ccccc12)c1ccccc1n4-c1ccc(-c2ccccc2)cc1. The number of para-hydroxylation sites is 1. The summed E-state index contributed by atoms with van der Waals surface area (Å²) in [6.45, 7) is 0. The van der Waals surface area contributed by atoms with Crippen LogP contribution in [0.15, 0.2) is 126 Å². The highest BCUT2D eigenvalue weighted by Gasteiger charge is 2.17. The third kappa shape index (κ3) is 3.14. The Morgan fingerprint density at radius 1 is 0.486 bits per heavy atom. The number of aromatic nitrogens is 1. The molecule has 0 fully saturated rings. The Morgan fingerprint density at radius 2 is 1.16 bits per heavy atom. The Labute approximate surface area is 226 Å². The van der Waals surface area contributed by atoms with Crippen molar-refractivity contribution in [1.29, 1.82) is 0 Å². The zero-order valence-corrected chi connectivity index (χ0v) is 22.2. The van der Waals surface area contributed by atoms with Crippen LogP contribution in [-0.2, 0) is 0 Å². The van der Waals surface area contributed by atoms with Crippen LogP contribution in [0.1, 0.15) is 0 Å².